The molecule has 0 aliphatic carbocycles. The van der Waals surface area contributed by atoms with Gasteiger partial charge < -0.3 is 15.0 Å². The highest BCUT2D eigenvalue weighted by Crippen LogP contribution is 2.32. The van der Waals surface area contributed by atoms with Crippen LogP contribution in [-0.4, -0.2) is 18.4 Å². The molecule has 0 fully saturated rings. The van der Waals surface area contributed by atoms with Crippen LogP contribution in [0.2, 0.25) is 10.0 Å². The number of para-hydroxylation sites is 2. The third-order valence-corrected chi connectivity index (χ3v) is 4.92. The number of rotatable bonds is 4. The topological polar surface area (TPSA) is 58.6 Å². The molecule has 1 aliphatic heterocycles. The third kappa shape index (κ3) is 4.36. The average Bonchev–Trinajstić information content (AvgIpc) is 2.70. The summed E-state index contributed by atoms with van der Waals surface area (Å²) in [6.07, 6.45) is 0. The average molecular weight is 427 g/mol. The van der Waals surface area contributed by atoms with Gasteiger partial charge in [-0.3, -0.25) is 9.59 Å². The second-order valence-corrected chi connectivity index (χ2v) is 7.42. The molecule has 1 heterocycles. The number of nitrogens with zero attached hydrogens (tertiary/aromatic N) is 1. The van der Waals surface area contributed by atoms with Crippen LogP contribution >= 0.6 is 23.2 Å². The minimum absolute atomic E-state index is 0.0136. The van der Waals surface area contributed by atoms with E-state index in [0.29, 0.717) is 33.6 Å². The maximum atomic E-state index is 12.5. The first-order chi connectivity index (χ1) is 14.0. The lowest BCUT2D eigenvalue weighted by Gasteiger charge is -2.29. The smallest absolute Gasteiger partial charge is 0.265 e. The summed E-state index contributed by atoms with van der Waals surface area (Å²) in [5, 5.41) is 3.66. The van der Waals surface area contributed by atoms with Crippen molar-refractivity contribution in [2.24, 2.45) is 0 Å². The van der Waals surface area contributed by atoms with E-state index >= 15 is 0 Å². The highest BCUT2D eigenvalue weighted by Gasteiger charge is 2.25. The van der Waals surface area contributed by atoms with Crippen molar-refractivity contribution in [3.63, 3.8) is 0 Å². The van der Waals surface area contributed by atoms with E-state index < -0.39 is 0 Å². The molecule has 0 saturated heterocycles. The Morgan fingerprint density at radius 1 is 1.00 bits per heavy atom. The molecule has 5 nitrogen and oxygen atoms in total. The number of hydrogen-bond donors (Lipinski definition) is 1. The normalized spacial score (nSPS) is 12.9. The van der Waals surface area contributed by atoms with E-state index in [1.807, 2.05) is 36.4 Å². The Hall–Kier alpha value is -3.02. The monoisotopic (exact) mass is 426 g/mol. The molecule has 0 saturated carbocycles. The number of benzene rings is 3. The molecule has 0 unspecified atom stereocenters. The lowest BCUT2D eigenvalue weighted by Crippen LogP contribution is -2.38. The fraction of sp³-hybridized carbons (Fsp3) is 0.0909. The number of carbonyl (C=O) groups excluding carboxylic acids is 2. The molecule has 146 valence electrons. The second kappa shape index (κ2) is 8.15. The van der Waals surface area contributed by atoms with E-state index in [1.54, 1.807) is 35.2 Å². The largest absolute Gasteiger partial charge is 0.482 e. The van der Waals surface area contributed by atoms with Crippen molar-refractivity contribution in [2.45, 2.75) is 6.54 Å². The van der Waals surface area contributed by atoms with Gasteiger partial charge in [-0.15, -0.1) is 0 Å². The number of ether oxygens (including phenoxy) is 1. The van der Waals surface area contributed by atoms with Crippen LogP contribution in [0.4, 0.5) is 11.4 Å². The summed E-state index contributed by atoms with van der Waals surface area (Å²) in [4.78, 5) is 26.5. The minimum atomic E-state index is -0.275. The van der Waals surface area contributed by atoms with Gasteiger partial charge in [0.25, 0.3) is 11.8 Å². The zero-order valence-electron chi connectivity index (χ0n) is 15.2. The fourth-order valence-corrected chi connectivity index (χ4v) is 3.63. The lowest BCUT2D eigenvalue weighted by molar-refractivity contribution is -0.121. The summed E-state index contributed by atoms with van der Waals surface area (Å²) in [5.74, 6) is 0.300. The summed E-state index contributed by atoms with van der Waals surface area (Å²) < 4.78 is 5.46. The van der Waals surface area contributed by atoms with Crippen LogP contribution < -0.4 is 15.0 Å². The molecule has 4 rings (SSSR count). The predicted molar refractivity (Wildman–Crippen MR) is 114 cm³/mol. The van der Waals surface area contributed by atoms with Gasteiger partial charge in [-0.2, -0.15) is 0 Å². The van der Waals surface area contributed by atoms with Crippen LogP contribution in [0.1, 0.15) is 15.9 Å². The van der Waals surface area contributed by atoms with Crippen molar-refractivity contribution < 1.29 is 14.3 Å². The first kappa shape index (κ1) is 19.3. The van der Waals surface area contributed by atoms with Crippen LogP contribution in [0.15, 0.2) is 66.7 Å². The van der Waals surface area contributed by atoms with Crippen LogP contribution in [0.5, 0.6) is 5.75 Å². The summed E-state index contributed by atoms with van der Waals surface area (Å²) in [5.41, 5.74) is 2.64. The number of amides is 2. The molecule has 29 heavy (non-hydrogen) atoms. The Morgan fingerprint density at radius 2 is 1.69 bits per heavy atom. The van der Waals surface area contributed by atoms with Gasteiger partial charge in [0.15, 0.2) is 6.61 Å². The first-order valence-electron chi connectivity index (χ1n) is 8.88. The molecule has 0 aromatic heterocycles. The van der Waals surface area contributed by atoms with Crippen LogP contribution in [0, 0.1) is 0 Å². The van der Waals surface area contributed by atoms with Crippen LogP contribution in [0.25, 0.3) is 0 Å². The molecule has 0 atom stereocenters. The van der Waals surface area contributed by atoms with E-state index in [2.05, 4.69) is 5.32 Å². The number of hydrogen-bond acceptors (Lipinski definition) is 3. The van der Waals surface area contributed by atoms with Gasteiger partial charge in [-0.05, 0) is 48.0 Å². The fourth-order valence-electron chi connectivity index (χ4n) is 3.10. The highest BCUT2D eigenvalue weighted by atomic mass is 35.5. The molecule has 0 spiro atoms. The number of halogens is 2. The SMILES string of the molecule is O=C(Nc1cc(Cl)cc(Cl)c1)c1ccc(CN2C(=O)COc3ccccc32)cc1. The van der Waals surface area contributed by atoms with E-state index in [0.717, 1.165) is 11.3 Å². The first-order valence-corrected chi connectivity index (χ1v) is 9.64. The Morgan fingerprint density at radius 3 is 2.41 bits per heavy atom. The number of anilines is 2. The van der Waals surface area contributed by atoms with E-state index in [1.165, 1.54) is 0 Å². The maximum Gasteiger partial charge on any atom is 0.265 e. The molecule has 2 amide bonds. The van der Waals surface area contributed by atoms with Crippen LogP contribution in [0.3, 0.4) is 0 Å². The predicted octanol–water partition coefficient (Wildman–Crippen LogP) is 5.17. The highest BCUT2D eigenvalue weighted by molar-refractivity contribution is 6.35. The Bertz CT molecular complexity index is 1060. The number of nitrogens with one attached hydrogen (secondary N) is 1. The summed E-state index contributed by atoms with van der Waals surface area (Å²) in [6.45, 7) is 0.407. The zero-order chi connectivity index (χ0) is 20.4. The molecule has 3 aromatic rings. The molecular weight excluding hydrogens is 411 g/mol. The van der Waals surface area contributed by atoms with Crippen molar-refractivity contribution in [2.75, 3.05) is 16.8 Å². The van der Waals surface area contributed by atoms with Gasteiger partial charge in [0.1, 0.15) is 5.75 Å². The van der Waals surface area contributed by atoms with Gasteiger partial charge in [0.2, 0.25) is 0 Å². The van der Waals surface area contributed by atoms with Gasteiger partial charge in [-0.1, -0.05) is 47.5 Å². The van der Waals surface area contributed by atoms with Crippen molar-refractivity contribution in [3.8, 4) is 5.75 Å². The van der Waals surface area contributed by atoms with E-state index in [-0.39, 0.29) is 18.4 Å². The Labute approximate surface area is 177 Å². The van der Waals surface area contributed by atoms with Crippen molar-refractivity contribution in [1.82, 2.24) is 0 Å². The molecule has 3 aromatic carbocycles. The molecule has 1 N–H and O–H groups in total. The number of carbonyl (C=O) groups is 2. The molecule has 0 radical (unpaired) electrons. The Kier molecular flexibility index (Phi) is 5.43. The van der Waals surface area contributed by atoms with Crippen molar-refractivity contribution in [1.29, 1.82) is 0 Å². The van der Waals surface area contributed by atoms with E-state index in [9.17, 15) is 9.59 Å². The quantitative estimate of drug-likeness (QED) is 0.625. The van der Waals surface area contributed by atoms with Crippen molar-refractivity contribution in [3.05, 3.63) is 87.9 Å². The van der Waals surface area contributed by atoms with Gasteiger partial charge >= 0.3 is 0 Å². The number of fused-ring (bicyclic) bond motifs is 1. The summed E-state index contributed by atoms with van der Waals surface area (Å²) in [7, 11) is 0. The van der Waals surface area contributed by atoms with Gasteiger partial charge in [-0.25, -0.2) is 0 Å². The summed E-state index contributed by atoms with van der Waals surface area (Å²) >= 11 is 11.9. The zero-order valence-corrected chi connectivity index (χ0v) is 16.7. The standard InChI is InChI=1S/C22H16Cl2N2O3/c23-16-9-17(24)11-18(10-16)25-22(28)15-7-5-14(6-8-15)12-26-19-3-1-2-4-20(19)29-13-21(26)27/h1-11H,12-13H2,(H,25,28). The van der Waals surface area contributed by atoms with Crippen LogP contribution in [-0.2, 0) is 11.3 Å². The molecule has 1 aliphatic rings. The minimum Gasteiger partial charge on any atom is -0.482 e. The Balaban J connectivity index is 1.48. The molecule has 0 bridgehead atoms. The van der Waals surface area contributed by atoms with Crippen molar-refractivity contribution >= 4 is 46.4 Å². The maximum absolute atomic E-state index is 12.5. The van der Waals surface area contributed by atoms with E-state index in [4.69, 9.17) is 27.9 Å². The second-order valence-electron chi connectivity index (χ2n) is 6.55. The third-order valence-electron chi connectivity index (χ3n) is 4.49. The lowest BCUT2D eigenvalue weighted by atomic mass is 10.1. The summed E-state index contributed by atoms with van der Waals surface area (Å²) in [6, 6.07) is 19.4. The van der Waals surface area contributed by atoms with Gasteiger partial charge in [0.05, 0.1) is 12.2 Å². The molecule has 7 heteroatoms. The van der Waals surface area contributed by atoms with Gasteiger partial charge in [0, 0.05) is 21.3 Å². The molecular formula is C22H16Cl2N2O3.